The zero-order chi connectivity index (χ0) is 19.4. The van der Waals surface area contributed by atoms with E-state index in [4.69, 9.17) is 23.2 Å². The maximum Gasteiger partial charge on any atom is 0.170 e. The maximum atomic E-state index is 13.0. The van der Waals surface area contributed by atoms with Gasteiger partial charge >= 0.3 is 0 Å². The molecular weight excluding hydrogens is 284 g/mol. The first-order chi connectivity index (χ1) is 12.2. The molecule has 0 radical (unpaired) electrons. The minimum atomic E-state index is -2.95. The zero-order valence-corrected chi connectivity index (χ0v) is 12.1. The molecule has 0 fully saturated rings. The zero-order valence-electron chi connectivity index (χ0n) is 16.4. The Morgan fingerprint density at radius 3 is 2.57 bits per heavy atom. The van der Waals surface area contributed by atoms with Gasteiger partial charge in [0.25, 0.3) is 0 Å². The molecule has 2 aromatic rings. The summed E-state index contributed by atoms with van der Waals surface area (Å²) < 4.78 is 44.3. The van der Waals surface area contributed by atoms with Crippen LogP contribution in [0.25, 0.3) is 0 Å². The van der Waals surface area contributed by atoms with Crippen molar-refractivity contribution >= 4 is 17.4 Å². The number of ketones is 1. The summed E-state index contributed by atoms with van der Waals surface area (Å²) in [5.41, 5.74) is 0.534. The number of carbonyl (C=O) groups excluding carboxylic acids is 1. The van der Waals surface area contributed by atoms with E-state index in [1.165, 1.54) is 12.1 Å². The van der Waals surface area contributed by atoms with Crippen LogP contribution in [-0.4, -0.2) is 18.3 Å². The smallest absolute Gasteiger partial charge is 0.170 e. The molecule has 0 aliphatic heterocycles. The van der Waals surface area contributed by atoms with Gasteiger partial charge in [-0.2, -0.15) is 0 Å². The molecule has 110 valence electrons. The number of halogens is 1. The predicted molar refractivity (Wildman–Crippen MR) is 86.5 cm³/mol. The van der Waals surface area contributed by atoms with Crippen molar-refractivity contribution in [3.63, 3.8) is 0 Å². The fraction of sp³-hybridized carbons (Fsp3) is 0.278. The van der Waals surface area contributed by atoms with Crippen LogP contribution in [0.1, 0.15) is 41.9 Å². The fourth-order valence-electron chi connectivity index (χ4n) is 1.98. The van der Waals surface area contributed by atoms with Crippen LogP contribution in [0.5, 0.6) is 5.75 Å². The van der Waals surface area contributed by atoms with E-state index < -0.39 is 24.9 Å². The highest BCUT2D eigenvalue weighted by Crippen LogP contribution is 2.25. The van der Waals surface area contributed by atoms with Crippen LogP contribution in [0, 0.1) is 0 Å². The minimum absolute atomic E-state index is 0.213. The van der Waals surface area contributed by atoms with Gasteiger partial charge in [0.2, 0.25) is 0 Å². The van der Waals surface area contributed by atoms with Crippen molar-refractivity contribution in [1.82, 2.24) is 0 Å². The molecule has 0 heterocycles. The molecule has 0 aliphatic rings. The third kappa shape index (κ3) is 4.08. The predicted octanol–water partition coefficient (Wildman–Crippen LogP) is 4.68. The van der Waals surface area contributed by atoms with Gasteiger partial charge in [0.1, 0.15) is 12.4 Å². The number of benzene rings is 2. The summed E-state index contributed by atoms with van der Waals surface area (Å²) in [4.78, 5) is 13.0. The lowest BCUT2D eigenvalue weighted by atomic mass is 9.89. The van der Waals surface area contributed by atoms with E-state index >= 15 is 0 Å². The minimum Gasteiger partial charge on any atom is -0.492 e. The van der Waals surface area contributed by atoms with Crippen molar-refractivity contribution in [2.24, 2.45) is 0 Å². The molecule has 0 aromatic heterocycles. The Balaban J connectivity index is 2.41. The second-order valence-electron chi connectivity index (χ2n) is 4.41. The lowest BCUT2D eigenvalue weighted by Crippen LogP contribution is -2.12. The Bertz CT molecular complexity index is 729. The van der Waals surface area contributed by atoms with Crippen molar-refractivity contribution in [3.05, 3.63) is 65.7 Å². The Labute approximate surface area is 137 Å². The highest BCUT2D eigenvalue weighted by atomic mass is 35.5. The summed E-state index contributed by atoms with van der Waals surface area (Å²) in [7, 11) is 0. The summed E-state index contributed by atoms with van der Waals surface area (Å²) in [6, 6.07) is 14.3. The average Bonchev–Trinajstić information content (AvgIpc) is 2.60. The average molecular weight is 308 g/mol. The van der Waals surface area contributed by atoms with Crippen LogP contribution in [0.4, 0.5) is 0 Å². The van der Waals surface area contributed by atoms with Crippen LogP contribution in [-0.2, 0) is 0 Å². The van der Waals surface area contributed by atoms with Gasteiger partial charge in [-0.15, -0.1) is 11.6 Å². The molecule has 3 heteroatoms. The Kier molecular flexibility index (Phi) is 3.74. The van der Waals surface area contributed by atoms with Gasteiger partial charge in [-0.3, -0.25) is 4.79 Å². The van der Waals surface area contributed by atoms with Crippen molar-refractivity contribution in [2.45, 2.75) is 19.1 Å². The second-order valence-corrected chi connectivity index (χ2v) is 4.79. The Morgan fingerprint density at radius 1 is 1.24 bits per heavy atom. The van der Waals surface area contributed by atoms with Crippen molar-refractivity contribution in [1.29, 1.82) is 0 Å². The second kappa shape index (κ2) is 7.84. The van der Waals surface area contributed by atoms with Crippen molar-refractivity contribution in [2.75, 3.05) is 12.5 Å². The molecule has 21 heavy (non-hydrogen) atoms. The monoisotopic (exact) mass is 307 g/mol. The molecule has 1 atom stereocenters. The molecule has 2 aromatic carbocycles. The van der Waals surface area contributed by atoms with Gasteiger partial charge in [-0.1, -0.05) is 37.2 Å². The number of Topliss-reactive ketones (excluding diaryl/α,β-unsaturated/α-hetero) is 1. The molecule has 1 unspecified atom stereocenters. The van der Waals surface area contributed by atoms with E-state index in [2.05, 4.69) is 0 Å². The molecule has 0 amide bonds. The first-order valence-corrected chi connectivity index (χ1v) is 7.10. The van der Waals surface area contributed by atoms with Crippen molar-refractivity contribution in [3.8, 4) is 5.75 Å². The van der Waals surface area contributed by atoms with Crippen LogP contribution in [0.3, 0.4) is 0 Å². The third-order valence-corrected chi connectivity index (χ3v) is 3.18. The van der Waals surface area contributed by atoms with Gasteiger partial charge < -0.3 is 4.74 Å². The molecule has 2 nitrogen and oxygen atoms in total. The highest BCUT2D eigenvalue weighted by Gasteiger charge is 2.19. The lowest BCUT2D eigenvalue weighted by molar-refractivity contribution is 0.0957. The summed E-state index contributed by atoms with van der Waals surface area (Å²) >= 11 is 5.56. The highest BCUT2D eigenvalue weighted by molar-refractivity contribution is 6.18. The van der Waals surface area contributed by atoms with Crippen LogP contribution in [0.15, 0.2) is 54.6 Å². The van der Waals surface area contributed by atoms with Crippen LogP contribution < -0.4 is 4.74 Å². The summed E-state index contributed by atoms with van der Waals surface area (Å²) in [6.07, 6.45) is -2.72. The quantitative estimate of drug-likeness (QED) is 0.548. The standard InChI is InChI=1S/C18H19ClO2/c1-2-17(14-6-4-3-5-7-14)18(20)15-8-10-16(11-9-15)21-13-12-19/h3-11,17H,2,12-13H2,1H3/i1D3,2D2. The Morgan fingerprint density at radius 2 is 1.95 bits per heavy atom. The van der Waals surface area contributed by atoms with Gasteiger partial charge in [-0.05, 0) is 36.2 Å². The summed E-state index contributed by atoms with van der Waals surface area (Å²) in [6.45, 7) is -2.63. The largest absolute Gasteiger partial charge is 0.492 e. The molecule has 0 saturated heterocycles. The van der Waals surface area contributed by atoms with E-state index in [-0.39, 0.29) is 5.56 Å². The third-order valence-electron chi connectivity index (χ3n) is 3.02. The molecule has 0 saturated carbocycles. The summed E-state index contributed by atoms with van der Waals surface area (Å²) in [5, 5.41) is 0. The first kappa shape index (κ1) is 10.0. The van der Waals surface area contributed by atoms with Gasteiger partial charge in [0, 0.05) is 18.3 Å². The molecule has 0 aliphatic carbocycles. The van der Waals surface area contributed by atoms with Crippen molar-refractivity contribution < 1.29 is 16.4 Å². The number of ether oxygens (including phenoxy) is 1. The number of rotatable bonds is 7. The Hall–Kier alpha value is -1.80. The van der Waals surface area contributed by atoms with E-state index in [1.807, 2.05) is 0 Å². The molecule has 0 spiro atoms. The van der Waals surface area contributed by atoms with E-state index in [1.54, 1.807) is 42.5 Å². The maximum absolute atomic E-state index is 13.0. The van der Waals surface area contributed by atoms with Crippen LogP contribution >= 0.6 is 11.6 Å². The van der Waals surface area contributed by atoms with Gasteiger partial charge in [-0.25, -0.2) is 0 Å². The van der Waals surface area contributed by atoms with E-state index in [9.17, 15) is 4.79 Å². The summed E-state index contributed by atoms with van der Waals surface area (Å²) in [5.74, 6) is -1.19. The first-order valence-electron chi connectivity index (χ1n) is 9.06. The lowest BCUT2D eigenvalue weighted by Gasteiger charge is -2.14. The number of hydrogen-bond donors (Lipinski definition) is 0. The number of hydrogen-bond acceptors (Lipinski definition) is 2. The van der Waals surface area contributed by atoms with Gasteiger partial charge in [0.15, 0.2) is 5.78 Å². The van der Waals surface area contributed by atoms with Gasteiger partial charge in [0.05, 0.1) is 5.88 Å². The van der Waals surface area contributed by atoms with E-state index in [0.717, 1.165) is 0 Å². The van der Waals surface area contributed by atoms with Crippen LogP contribution in [0.2, 0.25) is 0 Å². The topological polar surface area (TPSA) is 26.3 Å². The number of carbonyl (C=O) groups is 1. The normalized spacial score (nSPS) is 16.7. The number of alkyl halides is 1. The molecule has 2 rings (SSSR count). The molecule has 0 bridgehead atoms. The SMILES string of the molecule is [2H]C([2H])([2H])C([2H])([2H])C(C(=O)c1ccc(OCCCl)cc1)c1ccccc1. The molecular formula is C18H19ClO2. The fourth-order valence-corrected chi connectivity index (χ4v) is 2.06. The van der Waals surface area contributed by atoms with E-state index in [0.29, 0.717) is 23.8 Å². The molecule has 0 N–H and O–H groups in total.